The van der Waals surface area contributed by atoms with Gasteiger partial charge in [0.1, 0.15) is 0 Å². The van der Waals surface area contributed by atoms with Crippen LogP contribution in [0.1, 0.15) is 51.6 Å². The molecule has 3 heterocycles. The Balaban J connectivity index is 1.76. The van der Waals surface area contributed by atoms with Crippen LogP contribution >= 0.6 is 11.8 Å². The first-order valence-corrected chi connectivity index (χ1v) is 9.54. The van der Waals surface area contributed by atoms with E-state index in [4.69, 9.17) is 9.26 Å². The summed E-state index contributed by atoms with van der Waals surface area (Å²) in [6.07, 6.45) is 0. The Morgan fingerprint density at radius 2 is 1.92 bits per heavy atom. The Morgan fingerprint density at radius 1 is 1.20 bits per heavy atom. The zero-order valence-corrected chi connectivity index (χ0v) is 16.3. The summed E-state index contributed by atoms with van der Waals surface area (Å²) in [4.78, 5) is 6.77. The van der Waals surface area contributed by atoms with Crippen LogP contribution in [-0.4, -0.2) is 51.2 Å². The van der Waals surface area contributed by atoms with Crippen molar-refractivity contribution in [3.05, 3.63) is 11.7 Å². The van der Waals surface area contributed by atoms with Crippen molar-refractivity contribution in [2.24, 2.45) is 0 Å². The van der Waals surface area contributed by atoms with Crippen molar-refractivity contribution in [2.45, 2.75) is 57.0 Å². The number of ether oxygens (including phenoxy) is 1. The maximum absolute atomic E-state index is 5.46. The molecule has 9 heteroatoms. The lowest BCUT2D eigenvalue weighted by Crippen LogP contribution is -2.38. The second-order valence-electron chi connectivity index (χ2n) is 7.09. The van der Waals surface area contributed by atoms with Crippen molar-refractivity contribution in [1.29, 1.82) is 0 Å². The zero-order valence-electron chi connectivity index (χ0n) is 15.5. The van der Waals surface area contributed by atoms with Crippen LogP contribution in [-0.2, 0) is 16.7 Å². The second kappa shape index (κ2) is 7.33. The van der Waals surface area contributed by atoms with Gasteiger partial charge in [0.25, 0.3) is 0 Å². The molecule has 2 aromatic heterocycles. The van der Waals surface area contributed by atoms with Crippen molar-refractivity contribution in [1.82, 2.24) is 24.9 Å². The molecule has 1 saturated heterocycles. The van der Waals surface area contributed by atoms with Gasteiger partial charge in [-0.2, -0.15) is 4.98 Å². The molecular formula is C16H26N6O2S. The van der Waals surface area contributed by atoms with Crippen LogP contribution in [0.3, 0.4) is 0 Å². The van der Waals surface area contributed by atoms with Crippen LogP contribution in [0.4, 0.5) is 5.95 Å². The van der Waals surface area contributed by atoms with E-state index in [0.29, 0.717) is 5.89 Å². The molecule has 0 bridgehead atoms. The highest BCUT2D eigenvalue weighted by molar-refractivity contribution is 7.99. The molecule has 0 aromatic carbocycles. The van der Waals surface area contributed by atoms with Crippen molar-refractivity contribution in [2.75, 3.05) is 31.2 Å². The molecule has 0 spiro atoms. The summed E-state index contributed by atoms with van der Waals surface area (Å²) >= 11 is 1.59. The summed E-state index contributed by atoms with van der Waals surface area (Å²) in [7, 11) is 0. The van der Waals surface area contributed by atoms with Crippen LogP contribution in [0.5, 0.6) is 0 Å². The molecule has 138 valence electrons. The summed E-state index contributed by atoms with van der Waals surface area (Å²) in [5.74, 6) is 2.25. The van der Waals surface area contributed by atoms with Gasteiger partial charge in [-0.15, -0.1) is 10.2 Å². The number of thioether (sulfide) groups is 1. The van der Waals surface area contributed by atoms with Crippen LogP contribution in [0.25, 0.3) is 0 Å². The van der Waals surface area contributed by atoms with Gasteiger partial charge in [-0.3, -0.25) is 4.57 Å². The van der Waals surface area contributed by atoms with Gasteiger partial charge >= 0.3 is 0 Å². The van der Waals surface area contributed by atoms with Crippen molar-refractivity contribution >= 4 is 17.7 Å². The van der Waals surface area contributed by atoms with Gasteiger partial charge in [0, 0.05) is 25.0 Å². The maximum atomic E-state index is 5.46. The molecule has 3 rings (SSSR count). The molecule has 1 unspecified atom stereocenters. The first-order chi connectivity index (χ1) is 11.9. The second-order valence-corrected chi connectivity index (χ2v) is 8.40. The normalized spacial score (nSPS) is 17.1. The minimum atomic E-state index is -0.126. The number of morpholine rings is 1. The molecule has 25 heavy (non-hydrogen) atoms. The van der Waals surface area contributed by atoms with Crippen LogP contribution in [0.15, 0.2) is 9.68 Å². The molecule has 0 radical (unpaired) electrons. The average molecular weight is 366 g/mol. The number of aromatic nitrogens is 5. The molecule has 0 amide bonds. The van der Waals surface area contributed by atoms with Crippen LogP contribution < -0.4 is 4.90 Å². The van der Waals surface area contributed by atoms with Crippen molar-refractivity contribution in [3.8, 4) is 0 Å². The largest absolute Gasteiger partial charge is 0.378 e. The zero-order chi connectivity index (χ0) is 18.0. The predicted molar refractivity (Wildman–Crippen MR) is 96.0 cm³/mol. The highest BCUT2D eigenvalue weighted by atomic mass is 32.2. The fourth-order valence-electron chi connectivity index (χ4n) is 2.56. The molecular weight excluding hydrogens is 340 g/mol. The smallest absolute Gasteiger partial charge is 0.239 e. The SMILES string of the molecule is CCn1c(SC(C)c2nc(C(C)(C)C)no2)nnc1N1CCOCC1. The van der Waals surface area contributed by atoms with Crippen molar-refractivity contribution < 1.29 is 9.26 Å². The van der Waals surface area contributed by atoms with E-state index in [0.717, 1.165) is 49.8 Å². The topological polar surface area (TPSA) is 82.1 Å². The van der Waals surface area contributed by atoms with E-state index in [-0.39, 0.29) is 10.7 Å². The number of rotatable bonds is 5. The Morgan fingerprint density at radius 3 is 2.52 bits per heavy atom. The minimum Gasteiger partial charge on any atom is -0.378 e. The number of nitrogens with zero attached hydrogens (tertiary/aromatic N) is 6. The molecule has 0 aliphatic carbocycles. The Bertz CT molecular complexity index is 702. The number of hydrogen-bond donors (Lipinski definition) is 0. The summed E-state index contributed by atoms with van der Waals surface area (Å²) in [6.45, 7) is 14.3. The van der Waals surface area contributed by atoms with E-state index >= 15 is 0 Å². The molecule has 1 aliphatic heterocycles. The lowest BCUT2D eigenvalue weighted by molar-refractivity contribution is 0.121. The van der Waals surface area contributed by atoms with E-state index < -0.39 is 0 Å². The van der Waals surface area contributed by atoms with E-state index in [9.17, 15) is 0 Å². The highest BCUT2D eigenvalue weighted by Crippen LogP contribution is 2.35. The highest BCUT2D eigenvalue weighted by Gasteiger charge is 2.26. The van der Waals surface area contributed by atoms with Gasteiger partial charge in [0.05, 0.1) is 18.5 Å². The fraction of sp³-hybridized carbons (Fsp3) is 0.750. The summed E-state index contributed by atoms with van der Waals surface area (Å²) in [5, 5.41) is 13.8. The molecule has 0 N–H and O–H groups in total. The minimum absolute atomic E-state index is 0.00985. The third-order valence-corrected chi connectivity index (χ3v) is 5.12. The molecule has 1 aliphatic rings. The van der Waals surface area contributed by atoms with E-state index in [1.54, 1.807) is 11.8 Å². The molecule has 1 fully saturated rings. The Labute approximate surface area is 152 Å². The quantitative estimate of drug-likeness (QED) is 0.747. The molecule has 1 atom stereocenters. The Kier molecular flexibility index (Phi) is 5.33. The monoisotopic (exact) mass is 366 g/mol. The molecule has 2 aromatic rings. The van der Waals surface area contributed by atoms with Gasteiger partial charge < -0.3 is 14.2 Å². The van der Waals surface area contributed by atoms with E-state index in [2.05, 4.69) is 57.5 Å². The third-order valence-electron chi connectivity index (χ3n) is 4.05. The first kappa shape index (κ1) is 18.2. The number of hydrogen-bond acceptors (Lipinski definition) is 8. The molecule has 8 nitrogen and oxygen atoms in total. The van der Waals surface area contributed by atoms with Gasteiger partial charge in [0.2, 0.25) is 11.8 Å². The predicted octanol–water partition coefficient (Wildman–Crippen LogP) is 2.67. The van der Waals surface area contributed by atoms with Gasteiger partial charge in [-0.1, -0.05) is 37.7 Å². The van der Waals surface area contributed by atoms with Crippen LogP contribution in [0.2, 0.25) is 0 Å². The van der Waals surface area contributed by atoms with E-state index in [1.165, 1.54) is 0 Å². The average Bonchev–Trinajstić information content (AvgIpc) is 3.22. The van der Waals surface area contributed by atoms with Gasteiger partial charge in [-0.05, 0) is 13.8 Å². The lowest BCUT2D eigenvalue weighted by atomic mass is 9.96. The van der Waals surface area contributed by atoms with Gasteiger partial charge in [0.15, 0.2) is 11.0 Å². The standard InChI is InChI=1S/C16H26N6O2S/c1-6-22-14(21-7-9-23-10-8-21)18-19-15(22)25-11(2)12-17-13(20-24-12)16(3,4)5/h11H,6-10H2,1-5H3. The van der Waals surface area contributed by atoms with Crippen molar-refractivity contribution in [3.63, 3.8) is 0 Å². The number of anilines is 1. The summed E-state index contributed by atoms with van der Waals surface area (Å²) in [6, 6.07) is 0. The Hall–Kier alpha value is -1.61. The van der Waals surface area contributed by atoms with E-state index in [1.807, 2.05) is 6.92 Å². The molecule has 0 saturated carbocycles. The lowest BCUT2D eigenvalue weighted by Gasteiger charge is -2.27. The maximum Gasteiger partial charge on any atom is 0.239 e. The van der Waals surface area contributed by atoms with Gasteiger partial charge in [-0.25, -0.2) is 0 Å². The first-order valence-electron chi connectivity index (χ1n) is 8.66. The third kappa shape index (κ3) is 3.98. The summed E-state index contributed by atoms with van der Waals surface area (Å²) < 4.78 is 13.0. The summed E-state index contributed by atoms with van der Waals surface area (Å²) in [5.41, 5.74) is -0.126. The van der Waals surface area contributed by atoms with Crippen LogP contribution in [0, 0.1) is 0 Å². The fourth-order valence-corrected chi connectivity index (χ4v) is 3.49.